The smallest absolute Gasteiger partial charge is 0.302 e. The first-order valence-electron chi connectivity index (χ1n) is 18.7. The lowest BCUT2D eigenvalue weighted by Gasteiger charge is -2.58. The summed E-state index contributed by atoms with van der Waals surface area (Å²) in [4.78, 5) is 37.3. The molecule has 1 N–H and O–H groups in total. The monoisotopic (exact) mass is 690 g/mol. The van der Waals surface area contributed by atoms with Crippen LogP contribution in [-0.4, -0.2) is 56.3 Å². The maximum absolute atomic E-state index is 12.9. The van der Waals surface area contributed by atoms with Crippen LogP contribution < -0.4 is 10.4 Å². The van der Waals surface area contributed by atoms with Crippen molar-refractivity contribution in [3.63, 3.8) is 0 Å². The van der Waals surface area contributed by atoms with E-state index in [0.717, 1.165) is 68.2 Å². The lowest BCUT2D eigenvalue weighted by Crippen LogP contribution is -2.65. The van der Waals surface area contributed by atoms with E-state index >= 15 is 0 Å². The molecule has 2 unspecified atom stereocenters. The summed E-state index contributed by atoms with van der Waals surface area (Å²) in [5.74, 6) is 0.0268. The number of ether oxygens (including phenoxy) is 4. The Bertz CT molecular complexity index is 1420. The molecule has 1 heterocycles. The predicted molar refractivity (Wildman–Crippen MR) is 193 cm³/mol. The van der Waals surface area contributed by atoms with Crippen LogP contribution in [0.3, 0.4) is 0 Å². The molecule has 7 nitrogen and oxygen atoms in total. The normalized spacial score (nSPS) is 32.8. The van der Waals surface area contributed by atoms with Gasteiger partial charge in [-0.3, -0.25) is 9.59 Å². The Labute approximate surface area is 294 Å². The molecule has 0 bridgehead atoms. The molecule has 1 aliphatic heterocycles. The highest BCUT2D eigenvalue weighted by Crippen LogP contribution is 2.67. The van der Waals surface area contributed by atoms with Crippen LogP contribution in [0.1, 0.15) is 106 Å². The standard InChI is InChI=1S/C41H58O7Si/c1-29(42)47-31-19-23-39(5,37(28-31)48-30(2)43)35-20-24-40(6)36(21-25-41(40)45-26-27-46-41)34(35)18-13-22-38(3,4)49(44,32-14-9-7-10-15-32)33-16-11-8-12-17-33/h7-12,14-17,31,34-37,44H,13,18-28H2,1-6H3/t31-,34+,35?,36?,37-,39+,40-/m0/s1. The molecule has 2 aromatic carbocycles. The van der Waals surface area contributed by atoms with Crippen molar-refractivity contribution in [2.24, 2.45) is 28.6 Å². The van der Waals surface area contributed by atoms with Crippen molar-refractivity contribution in [3.05, 3.63) is 60.7 Å². The first-order valence-corrected chi connectivity index (χ1v) is 20.7. The van der Waals surface area contributed by atoms with Gasteiger partial charge in [0.2, 0.25) is 0 Å². The summed E-state index contributed by atoms with van der Waals surface area (Å²) in [6, 6.07) is 20.6. The Morgan fingerprint density at radius 3 is 1.98 bits per heavy atom. The largest absolute Gasteiger partial charge is 0.462 e. The van der Waals surface area contributed by atoms with Gasteiger partial charge in [0, 0.05) is 37.5 Å². The van der Waals surface area contributed by atoms with Gasteiger partial charge < -0.3 is 23.7 Å². The number of rotatable bonds is 10. The van der Waals surface area contributed by atoms with Crippen molar-refractivity contribution >= 4 is 30.6 Å². The van der Waals surface area contributed by atoms with Crippen molar-refractivity contribution in [3.8, 4) is 0 Å². The zero-order valence-corrected chi connectivity index (χ0v) is 31.5. The minimum atomic E-state index is -3.14. The van der Waals surface area contributed by atoms with E-state index in [1.165, 1.54) is 13.8 Å². The quantitative estimate of drug-likeness (QED) is 0.214. The van der Waals surface area contributed by atoms with Crippen LogP contribution in [0.15, 0.2) is 60.7 Å². The SMILES string of the molecule is CC(=O)O[C@H]1CC[C@](C)(C2CC[C@@]3(C)C(CCC34OCCO4)[C@@H]2CCCC(C)(C)[Si](O)(c2ccccc2)c2ccccc2)[C@@H](OC(C)=O)C1. The molecule has 268 valence electrons. The van der Waals surface area contributed by atoms with Gasteiger partial charge in [0.25, 0.3) is 8.32 Å². The van der Waals surface area contributed by atoms with E-state index in [1.807, 2.05) is 36.4 Å². The average molecular weight is 691 g/mol. The van der Waals surface area contributed by atoms with Gasteiger partial charge in [0.15, 0.2) is 5.79 Å². The lowest BCUT2D eigenvalue weighted by molar-refractivity contribution is -0.246. The molecule has 0 radical (unpaired) electrons. The number of hydrogen-bond donors (Lipinski definition) is 1. The lowest BCUT2D eigenvalue weighted by atomic mass is 9.50. The first kappa shape index (κ1) is 36.3. The van der Waals surface area contributed by atoms with Crippen molar-refractivity contribution in [2.45, 2.75) is 129 Å². The van der Waals surface area contributed by atoms with Crippen LogP contribution in [0.5, 0.6) is 0 Å². The molecule has 7 atom stereocenters. The second-order valence-corrected chi connectivity index (χ2v) is 20.6. The Hall–Kier alpha value is -2.52. The molecular weight excluding hydrogens is 633 g/mol. The molecule has 4 aliphatic rings. The number of carbonyl (C=O) groups is 2. The molecule has 3 aliphatic carbocycles. The predicted octanol–water partition coefficient (Wildman–Crippen LogP) is 6.93. The molecular formula is C41H58O7Si. The molecule has 2 aromatic rings. The fourth-order valence-corrected chi connectivity index (χ4v) is 14.9. The third-order valence-electron chi connectivity index (χ3n) is 13.6. The van der Waals surface area contributed by atoms with Gasteiger partial charge in [-0.15, -0.1) is 0 Å². The van der Waals surface area contributed by atoms with E-state index in [4.69, 9.17) is 18.9 Å². The highest BCUT2D eigenvalue weighted by molar-refractivity contribution is 6.98. The molecule has 8 heteroatoms. The Kier molecular flexibility index (Phi) is 10.3. The van der Waals surface area contributed by atoms with Crippen LogP contribution in [0.25, 0.3) is 0 Å². The summed E-state index contributed by atoms with van der Waals surface area (Å²) in [5, 5.41) is 1.76. The molecule has 1 spiro atoms. The summed E-state index contributed by atoms with van der Waals surface area (Å²) in [6.07, 6.45) is 8.47. The van der Waals surface area contributed by atoms with Crippen molar-refractivity contribution in [2.75, 3.05) is 13.2 Å². The Morgan fingerprint density at radius 1 is 0.837 bits per heavy atom. The highest BCUT2D eigenvalue weighted by Gasteiger charge is 2.66. The molecule has 4 fully saturated rings. The number of esters is 2. The van der Waals surface area contributed by atoms with Crippen molar-refractivity contribution in [1.29, 1.82) is 0 Å². The third kappa shape index (κ3) is 6.45. The fraction of sp³-hybridized carbons (Fsp3) is 0.659. The van der Waals surface area contributed by atoms with E-state index in [2.05, 4.69) is 52.0 Å². The molecule has 3 saturated carbocycles. The van der Waals surface area contributed by atoms with Gasteiger partial charge in [-0.2, -0.15) is 0 Å². The maximum atomic E-state index is 12.9. The van der Waals surface area contributed by atoms with Crippen LogP contribution in [0.4, 0.5) is 0 Å². The zero-order chi connectivity index (χ0) is 35.1. The van der Waals surface area contributed by atoms with E-state index in [1.54, 1.807) is 0 Å². The van der Waals surface area contributed by atoms with Gasteiger partial charge in [0.1, 0.15) is 12.2 Å². The van der Waals surface area contributed by atoms with Gasteiger partial charge >= 0.3 is 11.9 Å². The molecule has 1 saturated heterocycles. The topological polar surface area (TPSA) is 91.3 Å². The highest BCUT2D eigenvalue weighted by atomic mass is 28.4. The third-order valence-corrected chi connectivity index (χ3v) is 18.2. The van der Waals surface area contributed by atoms with E-state index < -0.39 is 14.1 Å². The Morgan fingerprint density at radius 2 is 1.41 bits per heavy atom. The van der Waals surface area contributed by atoms with Crippen molar-refractivity contribution < 1.29 is 33.3 Å². The second-order valence-electron chi connectivity index (χ2n) is 16.6. The van der Waals surface area contributed by atoms with Gasteiger partial charge in [-0.1, -0.05) is 94.8 Å². The van der Waals surface area contributed by atoms with Gasteiger partial charge in [0.05, 0.1) is 13.2 Å². The van der Waals surface area contributed by atoms with E-state index in [9.17, 15) is 14.4 Å². The summed E-state index contributed by atoms with van der Waals surface area (Å²) in [7, 11) is -3.14. The first-order chi connectivity index (χ1) is 23.3. The van der Waals surface area contributed by atoms with Crippen LogP contribution >= 0.6 is 0 Å². The molecule has 0 aromatic heterocycles. The number of carbonyl (C=O) groups excluding carboxylic acids is 2. The van der Waals surface area contributed by atoms with Crippen molar-refractivity contribution in [1.82, 2.24) is 0 Å². The van der Waals surface area contributed by atoms with Crippen LogP contribution in [0, 0.1) is 28.6 Å². The fourth-order valence-electron chi connectivity index (χ4n) is 11.1. The molecule has 0 amide bonds. The number of benzene rings is 2. The van der Waals surface area contributed by atoms with E-state index in [-0.39, 0.29) is 40.0 Å². The molecule has 6 rings (SSSR count). The van der Waals surface area contributed by atoms with Gasteiger partial charge in [-0.05, 0) is 78.1 Å². The summed E-state index contributed by atoms with van der Waals surface area (Å²) < 4.78 is 24.8. The van der Waals surface area contributed by atoms with Gasteiger partial charge in [-0.25, -0.2) is 0 Å². The molecule has 49 heavy (non-hydrogen) atoms. The average Bonchev–Trinajstić information content (AvgIpc) is 3.67. The van der Waals surface area contributed by atoms with E-state index in [0.29, 0.717) is 37.4 Å². The Balaban J connectivity index is 1.31. The summed E-state index contributed by atoms with van der Waals surface area (Å²) >= 11 is 0. The number of hydrogen-bond acceptors (Lipinski definition) is 7. The minimum Gasteiger partial charge on any atom is -0.462 e. The summed E-state index contributed by atoms with van der Waals surface area (Å²) in [6.45, 7) is 13.5. The maximum Gasteiger partial charge on any atom is 0.302 e. The summed E-state index contributed by atoms with van der Waals surface area (Å²) in [5.41, 5.74) is -0.341. The van der Waals surface area contributed by atoms with Crippen LogP contribution in [0.2, 0.25) is 5.04 Å². The van der Waals surface area contributed by atoms with Crippen LogP contribution in [-0.2, 0) is 28.5 Å². The number of fused-ring (bicyclic) bond motifs is 2. The second kappa shape index (κ2) is 13.9. The zero-order valence-electron chi connectivity index (χ0n) is 30.5. The minimum absolute atomic E-state index is 0.0913.